The number of ether oxygens (including phenoxy) is 1. The lowest BCUT2D eigenvalue weighted by Gasteiger charge is -2.29. The van der Waals surface area contributed by atoms with E-state index in [0.717, 1.165) is 32.1 Å². The molecular formula is C18H23NO2. The molecule has 0 saturated carbocycles. The van der Waals surface area contributed by atoms with Gasteiger partial charge in [0.15, 0.2) is 0 Å². The highest BCUT2D eigenvalue weighted by Crippen LogP contribution is 2.32. The van der Waals surface area contributed by atoms with Gasteiger partial charge in [-0.15, -0.1) is 0 Å². The van der Waals surface area contributed by atoms with Crippen molar-refractivity contribution < 1.29 is 9.53 Å². The molecule has 3 rings (SSSR count). The molecule has 2 aliphatic rings. The number of fused-ring (bicyclic) bond motifs is 1. The summed E-state index contributed by atoms with van der Waals surface area (Å²) in [5, 5.41) is 3.12. The van der Waals surface area contributed by atoms with Crippen LogP contribution in [0.3, 0.4) is 0 Å². The standard InChI is InChI=1S/C18H23NO2/c1-21-18(11-15-9-5-6-10-16(15)12-18)13-19-17(20)14-7-3-2-4-8-14/h2-3,5-6,9-10,14H,4,7-8,11-13H2,1H3,(H,19,20)/t14-/m1/s1. The Hall–Kier alpha value is -1.61. The van der Waals surface area contributed by atoms with Crippen molar-refractivity contribution in [2.24, 2.45) is 5.92 Å². The molecule has 0 fully saturated rings. The monoisotopic (exact) mass is 285 g/mol. The van der Waals surface area contributed by atoms with Crippen molar-refractivity contribution in [1.82, 2.24) is 5.32 Å². The zero-order valence-corrected chi connectivity index (χ0v) is 12.6. The normalized spacial score (nSPS) is 22.8. The van der Waals surface area contributed by atoms with Gasteiger partial charge in [0.1, 0.15) is 0 Å². The minimum atomic E-state index is -0.274. The van der Waals surface area contributed by atoms with E-state index in [0.29, 0.717) is 6.54 Å². The van der Waals surface area contributed by atoms with Crippen LogP contribution in [-0.2, 0) is 22.4 Å². The Kier molecular flexibility index (Phi) is 4.11. The summed E-state index contributed by atoms with van der Waals surface area (Å²) in [5.41, 5.74) is 2.41. The van der Waals surface area contributed by atoms with Crippen LogP contribution in [0.1, 0.15) is 30.4 Å². The van der Waals surface area contributed by atoms with Gasteiger partial charge in [-0.25, -0.2) is 0 Å². The summed E-state index contributed by atoms with van der Waals surface area (Å²) >= 11 is 0. The first kappa shape index (κ1) is 14.3. The fourth-order valence-electron chi connectivity index (χ4n) is 3.42. The Morgan fingerprint density at radius 1 is 1.29 bits per heavy atom. The Morgan fingerprint density at radius 2 is 2.00 bits per heavy atom. The fourth-order valence-corrected chi connectivity index (χ4v) is 3.42. The van der Waals surface area contributed by atoms with Gasteiger partial charge >= 0.3 is 0 Å². The van der Waals surface area contributed by atoms with Crippen molar-refractivity contribution in [2.45, 2.75) is 37.7 Å². The number of amides is 1. The highest BCUT2D eigenvalue weighted by Gasteiger charge is 2.37. The van der Waals surface area contributed by atoms with Crippen molar-refractivity contribution >= 4 is 5.91 Å². The van der Waals surface area contributed by atoms with Crippen LogP contribution in [0.2, 0.25) is 0 Å². The summed E-state index contributed by atoms with van der Waals surface area (Å²) in [4.78, 5) is 12.3. The third-order valence-electron chi connectivity index (χ3n) is 4.80. The summed E-state index contributed by atoms with van der Waals surface area (Å²) in [5.74, 6) is 0.305. The van der Waals surface area contributed by atoms with E-state index in [-0.39, 0.29) is 17.4 Å². The van der Waals surface area contributed by atoms with E-state index in [9.17, 15) is 4.79 Å². The van der Waals surface area contributed by atoms with Crippen LogP contribution in [0.15, 0.2) is 36.4 Å². The molecule has 2 aliphatic carbocycles. The zero-order chi connectivity index (χ0) is 14.7. The first-order valence-electron chi connectivity index (χ1n) is 7.77. The molecule has 3 nitrogen and oxygen atoms in total. The van der Waals surface area contributed by atoms with Gasteiger partial charge < -0.3 is 10.1 Å². The van der Waals surface area contributed by atoms with Crippen LogP contribution in [-0.4, -0.2) is 25.2 Å². The average Bonchev–Trinajstić information content (AvgIpc) is 2.92. The number of benzene rings is 1. The maximum Gasteiger partial charge on any atom is 0.223 e. The summed E-state index contributed by atoms with van der Waals surface area (Å²) in [6, 6.07) is 8.45. The van der Waals surface area contributed by atoms with Crippen LogP contribution in [0.4, 0.5) is 0 Å². The second kappa shape index (κ2) is 6.02. The Morgan fingerprint density at radius 3 is 2.57 bits per heavy atom. The maximum atomic E-state index is 12.3. The van der Waals surface area contributed by atoms with Crippen LogP contribution in [0.5, 0.6) is 0 Å². The van der Waals surface area contributed by atoms with E-state index in [1.807, 2.05) is 0 Å². The molecule has 1 N–H and O–H groups in total. The third-order valence-corrected chi connectivity index (χ3v) is 4.80. The second-order valence-electron chi connectivity index (χ2n) is 6.21. The van der Waals surface area contributed by atoms with Crippen molar-refractivity contribution in [3.63, 3.8) is 0 Å². The van der Waals surface area contributed by atoms with E-state index < -0.39 is 0 Å². The smallest absolute Gasteiger partial charge is 0.223 e. The van der Waals surface area contributed by atoms with E-state index in [1.54, 1.807) is 7.11 Å². The van der Waals surface area contributed by atoms with Gasteiger partial charge in [-0.2, -0.15) is 0 Å². The van der Waals surface area contributed by atoms with E-state index in [4.69, 9.17) is 4.74 Å². The highest BCUT2D eigenvalue weighted by molar-refractivity contribution is 5.79. The summed E-state index contributed by atoms with van der Waals surface area (Å²) in [6.07, 6.45) is 8.88. The van der Waals surface area contributed by atoms with Gasteiger partial charge in [0.25, 0.3) is 0 Å². The lowest BCUT2D eigenvalue weighted by Crippen LogP contribution is -2.46. The first-order chi connectivity index (χ1) is 10.2. The molecule has 21 heavy (non-hydrogen) atoms. The molecule has 0 aromatic heterocycles. The lowest BCUT2D eigenvalue weighted by atomic mass is 9.93. The molecule has 0 heterocycles. The van der Waals surface area contributed by atoms with Crippen LogP contribution in [0, 0.1) is 5.92 Å². The second-order valence-corrected chi connectivity index (χ2v) is 6.21. The zero-order valence-electron chi connectivity index (χ0n) is 12.6. The number of carbonyl (C=O) groups excluding carboxylic acids is 1. The van der Waals surface area contributed by atoms with Crippen molar-refractivity contribution in [1.29, 1.82) is 0 Å². The fraction of sp³-hybridized carbons (Fsp3) is 0.500. The molecule has 0 unspecified atom stereocenters. The Labute approximate surface area is 126 Å². The predicted molar refractivity (Wildman–Crippen MR) is 83.1 cm³/mol. The number of nitrogens with one attached hydrogen (secondary N) is 1. The molecule has 1 aromatic rings. The van der Waals surface area contributed by atoms with E-state index >= 15 is 0 Å². The number of hydrogen-bond donors (Lipinski definition) is 1. The molecule has 1 amide bonds. The molecule has 1 aromatic carbocycles. The summed E-state index contributed by atoms with van der Waals surface area (Å²) in [7, 11) is 1.75. The molecule has 112 valence electrons. The maximum absolute atomic E-state index is 12.3. The number of rotatable bonds is 4. The largest absolute Gasteiger partial charge is 0.376 e. The van der Waals surface area contributed by atoms with Gasteiger partial charge in [0, 0.05) is 32.4 Å². The van der Waals surface area contributed by atoms with Crippen molar-refractivity contribution in [3.8, 4) is 0 Å². The minimum absolute atomic E-state index is 0.132. The van der Waals surface area contributed by atoms with Gasteiger partial charge in [0.2, 0.25) is 5.91 Å². The molecule has 0 saturated heterocycles. The average molecular weight is 285 g/mol. The highest BCUT2D eigenvalue weighted by atomic mass is 16.5. The number of allylic oxidation sites excluding steroid dienone is 2. The van der Waals surface area contributed by atoms with E-state index in [1.165, 1.54) is 11.1 Å². The Bertz CT molecular complexity index is 525. The number of methoxy groups -OCH3 is 1. The van der Waals surface area contributed by atoms with E-state index in [2.05, 4.69) is 41.7 Å². The Balaban J connectivity index is 1.61. The summed E-state index contributed by atoms with van der Waals surface area (Å²) in [6.45, 7) is 0.594. The SMILES string of the molecule is COC1(CNC(=O)[C@@H]2CC=CCC2)Cc2ccccc2C1. The van der Waals surface area contributed by atoms with Crippen LogP contribution < -0.4 is 5.32 Å². The number of carbonyl (C=O) groups is 1. The lowest BCUT2D eigenvalue weighted by molar-refractivity contribution is -0.126. The third kappa shape index (κ3) is 3.03. The van der Waals surface area contributed by atoms with Gasteiger partial charge in [-0.1, -0.05) is 36.4 Å². The van der Waals surface area contributed by atoms with Crippen LogP contribution in [0.25, 0.3) is 0 Å². The molecule has 0 spiro atoms. The minimum Gasteiger partial charge on any atom is -0.376 e. The topological polar surface area (TPSA) is 38.3 Å². The molecular weight excluding hydrogens is 262 g/mol. The predicted octanol–water partition coefficient (Wildman–Crippen LogP) is 2.64. The van der Waals surface area contributed by atoms with Crippen molar-refractivity contribution in [2.75, 3.05) is 13.7 Å². The number of hydrogen-bond acceptors (Lipinski definition) is 2. The van der Waals surface area contributed by atoms with Crippen LogP contribution >= 0.6 is 0 Å². The quantitative estimate of drug-likeness (QED) is 0.864. The molecule has 0 bridgehead atoms. The molecule has 1 atom stereocenters. The molecule has 0 radical (unpaired) electrons. The van der Waals surface area contributed by atoms with Gasteiger partial charge in [0.05, 0.1) is 5.60 Å². The first-order valence-corrected chi connectivity index (χ1v) is 7.77. The van der Waals surface area contributed by atoms with Gasteiger partial charge in [-0.3, -0.25) is 4.79 Å². The molecule has 3 heteroatoms. The molecule has 0 aliphatic heterocycles. The van der Waals surface area contributed by atoms with Crippen molar-refractivity contribution in [3.05, 3.63) is 47.5 Å². The van der Waals surface area contributed by atoms with Gasteiger partial charge in [-0.05, 0) is 30.4 Å². The summed E-state index contributed by atoms with van der Waals surface area (Å²) < 4.78 is 5.79.